The standard InChI is InChI=1S/C14H21N5O/c1-19(9-13(20)18-12-4-5-12)14-16-7-10(8-17-14)6-15-11-2-3-11/h7-8,11-12,15H,2-6,9H2,1H3,(H,18,20). The summed E-state index contributed by atoms with van der Waals surface area (Å²) in [5.74, 6) is 0.629. The normalized spacial score (nSPS) is 17.9. The Labute approximate surface area is 119 Å². The van der Waals surface area contributed by atoms with E-state index in [1.165, 1.54) is 12.8 Å². The fraction of sp³-hybridized carbons (Fsp3) is 0.643. The molecule has 2 N–H and O–H groups in total. The van der Waals surface area contributed by atoms with Crippen LogP contribution in [0.25, 0.3) is 0 Å². The molecule has 108 valence electrons. The highest BCUT2D eigenvalue weighted by Crippen LogP contribution is 2.19. The molecule has 0 saturated heterocycles. The van der Waals surface area contributed by atoms with E-state index in [1.54, 1.807) is 4.90 Å². The summed E-state index contributed by atoms with van der Waals surface area (Å²) in [4.78, 5) is 22.1. The Bertz CT molecular complexity index is 467. The van der Waals surface area contributed by atoms with E-state index in [-0.39, 0.29) is 5.91 Å². The van der Waals surface area contributed by atoms with Gasteiger partial charge in [-0.05, 0) is 25.7 Å². The highest BCUT2D eigenvalue weighted by molar-refractivity contribution is 5.81. The zero-order valence-electron chi connectivity index (χ0n) is 11.8. The average Bonchev–Trinajstić information content (AvgIpc) is 3.31. The van der Waals surface area contributed by atoms with E-state index in [1.807, 2.05) is 19.4 Å². The fourth-order valence-electron chi connectivity index (χ4n) is 1.97. The van der Waals surface area contributed by atoms with Crippen molar-refractivity contribution in [3.8, 4) is 0 Å². The molecule has 6 heteroatoms. The van der Waals surface area contributed by atoms with Gasteiger partial charge in [0.05, 0.1) is 6.54 Å². The number of nitrogens with zero attached hydrogens (tertiary/aromatic N) is 3. The van der Waals surface area contributed by atoms with Crippen LogP contribution in [-0.4, -0.2) is 41.6 Å². The van der Waals surface area contributed by atoms with Crippen molar-refractivity contribution >= 4 is 11.9 Å². The molecule has 0 atom stereocenters. The molecule has 1 aromatic heterocycles. The van der Waals surface area contributed by atoms with E-state index >= 15 is 0 Å². The SMILES string of the molecule is CN(CC(=O)NC1CC1)c1ncc(CNC2CC2)cn1. The Balaban J connectivity index is 1.48. The number of rotatable bonds is 7. The van der Waals surface area contributed by atoms with Gasteiger partial charge in [0.25, 0.3) is 0 Å². The van der Waals surface area contributed by atoms with Crippen LogP contribution < -0.4 is 15.5 Å². The Morgan fingerprint density at radius 1 is 1.25 bits per heavy atom. The van der Waals surface area contributed by atoms with Crippen molar-refractivity contribution in [1.29, 1.82) is 0 Å². The number of likely N-dealkylation sites (N-methyl/N-ethyl adjacent to an activating group) is 1. The van der Waals surface area contributed by atoms with E-state index in [2.05, 4.69) is 20.6 Å². The number of carbonyl (C=O) groups is 1. The van der Waals surface area contributed by atoms with Gasteiger partial charge >= 0.3 is 0 Å². The Morgan fingerprint density at radius 2 is 1.90 bits per heavy atom. The van der Waals surface area contributed by atoms with Crippen LogP contribution in [0.2, 0.25) is 0 Å². The molecular formula is C14H21N5O. The Kier molecular flexibility index (Phi) is 3.82. The summed E-state index contributed by atoms with van der Waals surface area (Å²) < 4.78 is 0. The van der Waals surface area contributed by atoms with Crippen LogP contribution in [0.15, 0.2) is 12.4 Å². The molecule has 2 aliphatic carbocycles. The molecule has 0 spiro atoms. The van der Waals surface area contributed by atoms with Gasteiger partial charge in [-0.15, -0.1) is 0 Å². The Morgan fingerprint density at radius 3 is 2.50 bits per heavy atom. The van der Waals surface area contributed by atoms with Crippen LogP contribution in [-0.2, 0) is 11.3 Å². The third-order valence-corrected chi connectivity index (χ3v) is 3.53. The van der Waals surface area contributed by atoms with Crippen LogP contribution >= 0.6 is 0 Å². The number of anilines is 1. The first kappa shape index (κ1) is 13.3. The van der Waals surface area contributed by atoms with Crippen LogP contribution in [0.1, 0.15) is 31.2 Å². The topological polar surface area (TPSA) is 70.2 Å². The van der Waals surface area contributed by atoms with E-state index in [0.717, 1.165) is 24.9 Å². The predicted octanol–water partition coefficient (Wildman–Crippen LogP) is 0.443. The summed E-state index contributed by atoms with van der Waals surface area (Å²) in [6.07, 6.45) is 8.42. The van der Waals surface area contributed by atoms with Gasteiger partial charge in [0, 0.05) is 43.6 Å². The second-order valence-electron chi connectivity index (χ2n) is 5.74. The van der Waals surface area contributed by atoms with Crippen molar-refractivity contribution in [2.75, 3.05) is 18.5 Å². The lowest BCUT2D eigenvalue weighted by Gasteiger charge is -2.16. The van der Waals surface area contributed by atoms with Crippen LogP contribution in [0.3, 0.4) is 0 Å². The minimum atomic E-state index is 0.0399. The molecule has 2 saturated carbocycles. The number of nitrogens with one attached hydrogen (secondary N) is 2. The molecule has 6 nitrogen and oxygen atoms in total. The molecular weight excluding hydrogens is 254 g/mol. The molecule has 1 aromatic rings. The lowest BCUT2D eigenvalue weighted by Crippen LogP contribution is -2.36. The van der Waals surface area contributed by atoms with Gasteiger partial charge in [0.2, 0.25) is 11.9 Å². The summed E-state index contributed by atoms with van der Waals surface area (Å²) in [5, 5.41) is 6.38. The van der Waals surface area contributed by atoms with Crippen LogP contribution in [0.4, 0.5) is 5.95 Å². The minimum Gasteiger partial charge on any atom is -0.352 e. The molecule has 0 unspecified atom stereocenters. The van der Waals surface area contributed by atoms with Gasteiger partial charge in [-0.25, -0.2) is 9.97 Å². The Hall–Kier alpha value is -1.69. The highest BCUT2D eigenvalue weighted by Gasteiger charge is 2.24. The smallest absolute Gasteiger partial charge is 0.239 e. The maximum Gasteiger partial charge on any atom is 0.239 e. The second-order valence-corrected chi connectivity index (χ2v) is 5.74. The van der Waals surface area contributed by atoms with Gasteiger partial charge in [0.1, 0.15) is 0 Å². The summed E-state index contributed by atoms with van der Waals surface area (Å²) in [6.45, 7) is 1.12. The summed E-state index contributed by atoms with van der Waals surface area (Å²) in [7, 11) is 1.84. The summed E-state index contributed by atoms with van der Waals surface area (Å²) >= 11 is 0. The molecule has 2 fully saturated rings. The van der Waals surface area contributed by atoms with E-state index in [0.29, 0.717) is 24.6 Å². The molecule has 2 aliphatic rings. The third kappa shape index (κ3) is 3.90. The number of aromatic nitrogens is 2. The summed E-state index contributed by atoms with van der Waals surface area (Å²) in [6, 6.07) is 1.08. The lowest BCUT2D eigenvalue weighted by molar-refractivity contribution is -0.119. The minimum absolute atomic E-state index is 0.0399. The number of amides is 1. The number of carbonyl (C=O) groups excluding carboxylic acids is 1. The van der Waals surface area contributed by atoms with Crippen molar-refractivity contribution in [2.24, 2.45) is 0 Å². The first-order valence-electron chi connectivity index (χ1n) is 7.25. The van der Waals surface area contributed by atoms with Crippen LogP contribution in [0.5, 0.6) is 0 Å². The van der Waals surface area contributed by atoms with Gasteiger partial charge in [-0.1, -0.05) is 0 Å². The average molecular weight is 275 g/mol. The molecule has 0 radical (unpaired) electrons. The van der Waals surface area contributed by atoms with Crippen molar-refractivity contribution in [3.63, 3.8) is 0 Å². The first-order valence-corrected chi connectivity index (χ1v) is 7.25. The molecule has 0 aromatic carbocycles. The molecule has 1 amide bonds. The predicted molar refractivity (Wildman–Crippen MR) is 76.3 cm³/mol. The number of hydrogen-bond donors (Lipinski definition) is 2. The highest BCUT2D eigenvalue weighted by atomic mass is 16.2. The van der Waals surface area contributed by atoms with Gasteiger partial charge in [0.15, 0.2) is 0 Å². The van der Waals surface area contributed by atoms with Gasteiger partial charge in [-0.3, -0.25) is 4.79 Å². The first-order chi connectivity index (χ1) is 9.70. The maximum absolute atomic E-state index is 11.7. The quantitative estimate of drug-likeness (QED) is 0.756. The second kappa shape index (κ2) is 5.75. The molecule has 0 aliphatic heterocycles. The van der Waals surface area contributed by atoms with Gasteiger partial charge in [-0.2, -0.15) is 0 Å². The van der Waals surface area contributed by atoms with E-state index in [4.69, 9.17) is 0 Å². The van der Waals surface area contributed by atoms with E-state index < -0.39 is 0 Å². The van der Waals surface area contributed by atoms with Crippen molar-refractivity contribution in [3.05, 3.63) is 18.0 Å². The molecule has 20 heavy (non-hydrogen) atoms. The third-order valence-electron chi connectivity index (χ3n) is 3.53. The van der Waals surface area contributed by atoms with Crippen molar-refractivity contribution in [1.82, 2.24) is 20.6 Å². The van der Waals surface area contributed by atoms with Gasteiger partial charge < -0.3 is 15.5 Å². The largest absolute Gasteiger partial charge is 0.352 e. The van der Waals surface area contributed by atoms with E-state index in [9.17, 15) is 4.79 Å². The zero-order chi connectivity index (χ0) is 13.9. The summed E-state index contributed by atoms with van der Waals surface area (Å²) in [5.41, 5.74) is 1.08. The molecule has 3 rings (SSSR count). The van der Waals surface area contributed by atoms with Crippen LogP contribution in [0, 0.1) is 0 Å². The maximum atomic E-state index is 11.7. The monoisotopic (exact) mass is 275 g/mol. The van der Waals surface area contributed by atoms with Crippen molar-refractivity contribution in [2.45, 2.75) is 44.3 Å². The number of hydrogen-bond acceptors (Lipinski definition) is 5. The zero-order valence-corrected chi connectivity index (χ0v) is 11.8. The lowest BCUT2D eigenvalue weighted by atomic mass is 10.3. The molecule has 1 heterocycles. The fourth-order valence-corrected chi connectivity index (χ4v) is 1.97. The van der Waals surface area contributed by atoms with Crippen molar-refractivity contribution < 1.29 is 4.79 Å². The molecule has 0 bridgehead atoms.